The number of rotatable bonds is 1. The molecule has 0 amide bonds. The van der Waals surface area contributed by atoms with Crippen molar-refractivity contribution < 1.29 is 0 Å². The monoisotopic (exact) mass is 203 g/mol. The lowest BCUT2D eigenvalue weighted by Crippen LogP contribution is -2.14. The summed E-state index contributed by atoms with van der Waals surface area (Å²) in [5, 5.41) is 3.38. The lowest BCUT2D eigenvalue weighted by molar-refractivity contribution is 0.586. The molecule has 0 spiro atoms. The average Bonchev–Trinajstić information content (AvgIpc) is 2.58. The molecule has 0 radical (unpaired) electrons. The van der Waals surface area contributed by atoms with Crippen LogP contribution < -0.4 is 5.32 Å². The molecule has 1 aromatic rings. The normalized spacial score (nSPS) is 20.4. The van der Waals surface area contributed by atoms with E-state index in [1.54, 1.807) is 5.56 Å². The second-order valence-electron chi connectivity index (χ2n) is 5.54. The third-order valence-electron chi connectivity index (χ3n) is 3.44. The van der Waals surface area contributed by atoms with E-state index in [-0.39, 0.29) is 5.41 Å². The van der Waals surface area contributed by atoms with Gasteiger partial charge in [-0.3, -0.25) is 0 Å². The number of aryl methyl sites for hydroxylation is 1. The Morgan fingerprint density at radius 1 is 1.27 bits per heavy atom. The van der Waals surface area contributed by atoms with E-state index in [1.165, 1.54) is 24.0 Å². The Hall–Kier alpha value is -0.820. The highest BCUT2D eigenvalue weighted by atomic mass is 14.9. The molecule has 0 saturated heterocycles. The number of hydrogen-bond donors (Lipinski definition) is 1. The Morgan fingerprint density at radius 2 is 2.00 bits per heavy atom. The van der Waals surface area contributed by atoms with Crippen molar-refractivity contribution in [1.29, 1.82) is 0 Å². The van der Waals surface area contributed by atoms with Crippen molar-refractivity contribution in [3.8, 4) is 0 Å². The maximum absolute atomic E-state index is 3.38. The highest BCUT2D eigenvalue weighted by molar-refractivity contribution is 5.40. The third-order valence-corrected chi connectivity index (χ3v) is 3.44. The second-order valence-corrected chi connectivity index (χ2v) is 5.54. The zero-order valence-corrected chi connectivity index (χ0v) is 10.2. The van der Waals surface area contributed by atoms with Gasteiger partial charge < -0.3 is 5.32 Å². The molecule has 0 fully saturated rings. The molecule has 0 unspecified atom stereocenters. The molecule has 0 aromatic heterocycles. The van der Waals surface area contributed by atoms with E-state index in [4.69, 9.17) is 0 Å². The molecule has 1 nitrogen and oxygen atoms in total. The smallest absolute Gasteiger partial charge is 0.0323 e. The summed E-state index contributed by atoms with van der Waals surface area (Å²) in [6.45, 7) is 6.83. The van der Waals surface area contributed by atoms with Crippen LogP contribution in [0.1, 0.15) is 49.9 Å². The number of hydrogen-bond acceptors (Lipinski definition) is 1. The van der Waals surface area contributed by atoms with Crippen LogP contribution in [0.25, 0.3) is 0 Å². The molecule has 1 aromatic carbocycles. The van der Waals surface area contributed by atoms with Gasteiger partial charge in [-0.25, -0.2) is 0 Å². The summed E-state index contributed by atoms with van der Waals surface area (Å²) < 4.78 is 0. The molecule has 1 aliphatic carbocycles. The van der Waals surface area contributed by atoms with Gasteiger partial charge in [0.15, 0.2) is 0 Å². The van der Waals surface area contributed by atoms with Gasteiger partial charge >= 0.3 is 0 Å². The van der Waals surface area contributed by atoms with Crippen molar-refractivity contribution in [2.24, 2.45) is 0 Å². The molecule has 0 bridgehead atoms. The number of fused-ring (bicyclic) bond motifs is 1. The van der Waals surface area contributed by atoms with Crippen LogP contribution in [0.3, 0.4) is 0 Å². The first kappa shape index (κ1) is 10.7. The lowest BCUT2D eigenvalue weighted by Gasteiger charge is -2.20. The van der Waals surface area contributed by atoms with Crippen molar-refractivity contribution in [2.75, 3.05) is 7.05 Å². The summed E-state index contributed by atoms with van der Waals surface area (Å²) in [4.78, 5) is 0. The molecule has 1 aliphatic rings. The van der Waals surface area contributed by atoms with Crippen molar-refractivity contribution in [3.05, 3.63) is 34.9 Å². The van der Waals surface area contributed by atoms with Gasteiger partial charge in [-0.2, -0.15) is 0 Å². The zero-order chi connectivity index (χ0) is 11.1. The summed E-state index contributed by atoms with van der Waals surface area (Å²) >= 11 is 0. The van der Waals surface area contributed by atoms with Crippen molar-refractivity contribution in [3.63, 3.8) is 0 Å². The molecule has 1 atom stereocenters. The van der Waals surface area contributed by atoms with E-state index in [9.17, 15) is 0 Å². The van der Waals surface area contributed by atoms with E-state index in [0.29, 0.717) is 6.04 Å². The van der Waals surface area contributed by atoms with E-state index < -0.39 is 0 Å². The van der Waals surface area contributed by atoms with Crippen molar-refractivity contribution in [1.82, 2.24) is 5.32 Å². The maximum atomic E-state index is 3.38. The Morgan fingerprint density at radius 3 is 2.60 bits per heavy atom. The number of nitrogens with one attached hydrogen (secondary N) is 1. The van der Waals surface area contributed by atoms with Crippen LogP contribution in [-0.2, 0) is 11.8 Å². The predicted molar refractivity (Wildman–Crippen MR) is 65.3 cm³/mol. The van der Waals surface area contributed by atoms with Gasteiger partial charge in [-0.1, -0.05) is 39.0 Å². The summed E-state index contributed by atoms with van der Waals surface area (Å²) in [6, 6.07) is 7.57. The molecular formula is C14H21N. The van der Waals surface area contributed by atoms with Gasteiger partial charge in [0.1, 0.15) is 0 Å². The fourth-order valence-corrected chi connectivity index (χ4v) is 2.38. The molecule has 0 heterocycles. The van der Waals surface area contributed by atoms with Gasteiger partial charge in [0.05, 0.1) is 0 Å². The van der Waals surface area contributed by atoms with Crippen LogP contribution in [0.4, 0.5) is 0 Å². The maximum Gasteiger partial charge on any atom is 0.0323 e. The topological polar surface area (TPSA) is 12.0 Å². The summed E-state index contributed by atoms with van der Waals surface area (Å²) in [5.41, 5.74) is 4.78. The van der Waals surface area contributed by atoms with Crippen LogP contribution in [0, 0.1) is 0 Å². The van der Waals surface area contributed by atoms with Gasteiger partial charge in [-0.05, 0) is 42.0 Å². The minimum atomic E-state index is 0.271. The molecule has 0 saturated carbocycles. The molecule has 1 heteroatoms. The van der Waals surface area contributed by atoms with E-state index >= 15 is 0 Å². The van der Waals surface area contributed by atoms with Crippen molar-refractivity contribution >= 4 is 0 Å². The quantitative estimate of drug-likeness (QED) is 0.739. The zero-order valence-electron chi connectivity index (χ0n) is 10.2. The average molecular weight is 203 g/mol. The van der Waals surface area contributed by atoms with Gasteiger partial charge in [0, 0.05) is 6.04 Å². The molecule has 15 heavy (non-hydrogen) atoms. The van der Waals surface area contributed by atoms with Gasteiger partial charge in [0.25, 0.3) is 0 Å². The molecular weight excluding hydrogens is 182 g/mol. The highest BCUT2D eigenvalue weighted by Crippen LogP contribution is 2.34. The third kappa shape index (κ3) is 1.93. The van der Waals surface area contributed by atoms with Gasteiger partial charge in [0.2, 0.25) is 0 Å². The summed E-state index contributed by atoms with van der Waals surface area (Å²) in [7, 11) is 2.05. The Labute approximate surface area is 92.9 Å². The van der Waals surface area contributed by atoms with Crippen LogP contribution >= 0.6 is 0 Å². The first-order chi connectivity index (χ1) is 7.02. The minimum absolute atomic E-state index is 0.271. The highest BCUT2D eigenvalue weighted by Gasteiger charge is 2.23. The largest absolute Gasteiger partial charge is 0.313 e. The molecule has 82 valence electrons. The summed E-state index contributed by atoms with van der Waals surface area (Å²) in [6.07, 6.45) is 2.48. The van der Waals surface area contributed by atoms with Crippen LogP contribution in [-0.4, -0.2) is 7.05 Å². The van der Waals surface area contributed by atoms with Gasteiger partial charge in [-0.15, -0.1) is 0 Å². The van der Waals surface area contributed by atoms with E-state index in [1.807, 2.05) is 0 Å². The molecule has 1 N–H and O–H groups in total. The van der Waals surface area contributed by atoms with E-state index in [2.05, 4.69) is 51.3 Å². The van der Waals surface area contributed by atoms with Crippen LogP contribution in [0.2, 0.25) is 0 Å². The molecule has 0 aliphatic heterocycles. The predicted octanol–water partition coefficient (Wildman–Crippen LogP) is 3.19. The SMILES string of the molecule is CN[C@@H]1CCc2cc(C(C)(C)C)ccc21. The standard InChI is InChI=1S/C14H21N/c1-14(2,3)11-6-7-12-10(9-11)5-8-13(12)15-4/h6-7,9,13,15H,5,8H2,1-4H3/t13-/m1/s1. The molecule has 2 rings (SSSR count). The lowest BCUT2D eigenvalue weighted by atomic mass is 9.85. The fourth-order valence-electron chi connectivity index (χ4n) is 2.38. The second kappa shape index (κ2) is 3.64. The van der Waals surface area contributed by atoms with Crippen LogP contribution in [0.15, 0.2) is 18.2 Å². The Kier molecular flexibility index (Phi) is 2.59. The first-order valence-corrected chi connectivity index (χ1v) is 5.83. The number of benzene rings is 1. The Balaban J connectivity index is 2.37. The van der Waals surface area contributed by atoms with Crippen LogP contribution in [0.5, 0.6) is 0 Å². The fraction of sp³-hybridized carbons (Fsp3) is 0.571. The first-order valence-electron chi connectivity index (χ1n) is 5.83. The van der Waals surface area contributed by atoms with Crippen molar-refractivity contribution in [2.45, 2.75) is 45.1 Å². The minimum Gasteiger partial charge on any atom is -0.313 e. The summed E-state index contributed by atoms with van der Waals surface area (Å²) in [5.74, 6) is 0. The van der Waals surface area contributed by atoms with E-state index in [0.717, 1.165) is 0 Å². The Bertz CT molecular complexity index is 360.